The predicted octanol–water partition coefficient (Wildman–Crippen LogP) is 1.67. The fourth-order valence-electron chi connectivity index (χ4n) is 3.64. The molecule has 4 rings (SSSR count). The van der Waals surface area contributed by atoms with Gasteiger partial charge >= 0.3 is 0 Å². The van der Waals surface area contributed by atoms with Crippen LogP contribution in [0.1, 0.15) is 37.1 Å². The van der Waals surface area contributed by atoms with Gasteiger partial charge in [-0.05, 0) is 38.6 Å². The summed E-state index contributed by atoms with van der Waals surface area (Å²) in [6, 6.07) is 0. The zero-order chi connectivity index (χ0) is 19.6. The van der Waals surface area contributed by atoms with Gasteiger partial charge in [0.15, 0.2) is 0 Å². The Hall–Kier alpha value is -1.84. The topological polar surface area (TPSA) is 90.2 Å². The Labute approximate surface area is 165 Å². The molecule has 1 saturated carbocycles. The number of ether oxygens (including phenoxy) is 1. The van der Waals surface area contributed by atoms with Gasteiger partial charge in [-0.3, -0.25) is 14.9 Å². The van der Waals surface area contributed by atoms with Gasteiger partial charge in [0, 0.05) is 38.3 Å². The van der Waals surface area contributed by atoms with Crippen molar-refractivity contribution in [1.82, 2.24) is 24.4 Å². The summed E-state index contributed by atoms with van der Waals surface area (Å²) in [6.07, 6.45) is 10.8. The Morgan fingerprint density at radius 1 is 1.18 bits per heavy atom. The number of rotatable bonds is 9. The normalized spacial score (nSPS) is 20.1. The molecule has 152 valence electrons. The first kappa shape index (κ1) is 19.5. The Kier molecular flexibility index (Phi) is 5.75. The molecule has 1 saturated heterocycles. The molecule has 1 aliphatic heterocycles. The molecule has 0 N–H and O–H groups in total. The molecule has 0 spiro atoms. The van der Waals surface area contributed by atoms with Crippen molar-refractivity contribution in [2.24, 2.45) is 5.92 Å². The molecule has 0 radical (unpaired) electrons. The zero-order valence-corrected chi connectivity index (χ0v) is 17.0. The van der Waals surface area contributed by atoms with Crippen molar-refractivity contribution in [3.05, 3.63) is 36.2 Å². The van der Waals surface area contributed by atoms with Gasteiger partial charge in [-0.2, -0.15) is 0 Å². The number of sulfone groups is 1. The summed E-state index contributed by atoms with van der Waals surface area (Å²) in [5.74, 6) is 0.491. The van der Waals surface area contributed by atoms with E-state index in [9.17, 15) is 8.42 Å². The van der Waals surface area contributed by atoms with E-state index in [2.05, 4.69) is 19.9 Å². The molecule has 1 atom stereocenters. The van der Waals surface area contributed by atoms with Crippen molar-refractivity contribution in [2.75, 3.05) is 19.4 Å². The third-order valence-electron chi connectivity index (χ3n) is 5.22. The first-order chi connectivity index (χ1) is 13.5. The molecule has 0 aromatic carbocycles. The van der Waals surface area contributed by atoms with Crippen molar-refractivity contribution in [2.45, 2.75) is 56.6 Å². The molecule has 2 aromatic rings. The lowest BCUT2D eigenvalue weighted by atomic mass is 10.2. The largest absolute Gasteiger partial charge is 0.376 e. The van der Waals surface area contributed by atoms with E-state index in [0.717, 1.165) is 43.7 Å². The molecule has 2 aromatic heterocycles. The Bertz CT molecular complexity index is 890. The predicted molar refractivity (Wildman–Crippen MR) is 103 cm³/mol. The van der Waals surface area contributed by atoms with Crippen molar-refractivity contribution in [1.29, 1.82) is 0 Å². The van der Waals surface area contributed by atoms with E-state index >= 15 is 0 Å². The zero-order valence-electron chi connectivity index (χ0n) is 16.2. The molecule has 0 bridgehead atoms. The number of imidazole rings is 1. The summed E-state index contributed by atoms with van der Waals surface area (Å²) < 4.78 is 33.5. The van der Waals surface area contributed by atoms with E-state index in [1.54, 1.807) is 24.8 Å². The Morgan fingerprint density at radius 2 is 2.04 bits per heavy atom. The van der Waals surface area contributed by atoms with Gasteiger partial charge in [0.2, 0.25) is 15.0 Å². The summed E-state index contributed by atoms with van der Waals surface area (Å²) in [4.78, 5) is 14.8. The fraction of sp³-hybridized carbons (Fsp3) is 0.632. The van der Waals surface area contributed by atoms with E-state index in [4.69, 9.17) is 4.74 Å². The van der Waals surface area contributed by atoms with Crippen molar-refractivity contribution < 1.29 is 13.2 Å². The average molecular weight is 406 g/mol. The highest BCUT2D eigenvalue weighted by molar-refractivity contribution is 7.91. The van der Waals surface area contributed by atoms with Crippen molar-refractivity contribution in [3.8, 4) is 0 Å². The summed E-state index contributed by atoms with van der Waals surface area (Å²) in [5, 5.41) is 0.192. The smallest absolute Gasteiger partial charge is 0.227 e. The van der Waals surface area contributed by atoms with Gasteiger partial charge in [-0.15, -0.1) is 0 Å². The standard InChI is InChI=1S/C19H27N5O3S/c1-23(11-16-9-20-6-7-21-16)12-17-10-22-19(28(25,26)14-15-4-5-15)24(17)13-18-3-2-8-27-18/h6-7,9-10,15,18H,2-5,8,11-14H2,1H3. The van der Waals surface area contributed by atoms with Crippen LogP contribution in [0.15, 0.2) is 29.9 Å². The molecule has 2 aliphatic rings. The first-order valence-corrected chi connectivity index (χ1v) is 11.5. The Morgan fingerprint density at radius 3 is 2.71 bits per heavy atom. The van der Waals surface area contributed by atoms with Gasteiger partial charge in [0.05, 0.1) is 36.0 Å². The quantitative estimate of drug-likeness (QED) is 0.627. The summed E-state index contributed by atoms with van der Waals surface area (Å²) in [7, 11) is -1.41. The fourth-order valence-corrected chi connectivity index (χ4v) is 5.49. The highest BCUT2D eigenvalue weighted by Crippen LogP contribution is 2.32. The summed E-state index contributed by atoms with van der Waals surface area (Å²) in [5.41, 5.74) is 1.76. The SMILES string of the molecule is CN(Cc1cnccn1)Cc1cnc(S(=O)(=O)CC2CC2)n1CC1CCCO1. The van der Waals surface area contributed by atoms with Crippen LogP contribution in [-0.2, 0) is 34.2 Å². The minimum Gasteiger partial charge on any atom is -0.376 e. The average Bonchev–Trinajstić information content (AvgIpc) is 3.15. The van der Waals surface area contributed by atoms with Crippen LogP contribution in [0.2, 0.25) is 0 Å². The number of nitrogens with zero attached hydrogens (tertiary/aromatic N) is 5. The minimum absolute atomic E-state index is 0.0492. The van der Waals surface area contributed by atoms with Crippen molar-refractivity contribution in [3.63, 3.8) is 0 Å². The monoisotopic (exact) mass is 405 g/mol. The van der Waals surface area contributed by atoms with Crippen LogP contribution in [0.25, 0.3) is 0 Å². The van der Waals surface area contributed by atoms with Crippen LogP contribution < -0.4 is 0 Å². The highest BCUT2D eigenvalue weighted by atomic mass is 32.2. The lowest BCUT2D eigenvalue weighted by Gasteiger charge is -2.20. The molecular weight excluding hydrogens is 378 g/mol. The minimum atomic E-state index is -3.39. The molecule has 3 heterocycles. The Balaban J connectivity index is 1.55. The van der Waals surface area contributed by atoms with Crippen LogP contribution in [0.4, 0.5) is 0 Å². The van der Waals surface area contributed by atoms with Crippen LogP contribution >= 0.6 is 0 Å². The molecule has 1 unspecified atom stereocenters. The number of aromatic nitrogens is 4. The third kappa shape index (κ3) is 4.76. The maximum absolute atomic E-state index is 12.9. The van der Waals surface area contributed by atoms with Gasteiger partial charge in [-0.25, -0.2) is 13.4 Å². The van der Waals surface area contributed by atoms with Crippen molar-refractivity contribution >= 4 is 9.84 Å². The molecule has 9 heteroatoms. The molecule has 8 nitrogen and oxygen atoms in total. The summed E-state index contributed by atoms with van der Waals surface area (Å²) in [6.45, 7) is 2.48. The van der Waals surface area contributed by atoms with Gasteiger partial charge in [0.1, 0.15) is 0 Å². The molecule has 1 aliphatic carbocycles. The molecule has 2 fully saturated rings. The van der Waals surface area contributed by atoms with Gasteiger partial charge < -0.3 is 9.30 Å². The van der Waals surface area contributed by atoms with E-state index in [0.29, 0.717) is 25.6 Å². The van der Waals surface area contributed by atoms with Gasteiger partial charge in [-0.1, -0.05) is 0 Å². The molecular formula is C19H27N5O3S. The second-order valence-electron chi connectivity index (χ2n) is 7.87. The van der Waals surface area contributed by atoms with E-state index in [1.165, 1.54) is 0 Å². The molecule has 0 amide bonds. The van der Waals surface area contributed by atoms with Gasteiger partial charge in [0.25, 0.3) is 0 Å². The van der Waals surface area contributed by atoms with Crippen LogP contribution in [0, 0.1) is 5.92 Å². The van der Waals surface area contributed by atoms with E-state index < -0.39 is 9.84 Å². The number of hydrogen-bond donors (Lipinski definition) is 0. The van der Waals surface area contributed by atoms with Crippen LogP contribution in [0.3, 0.4) is 0 Å². The maximum Gasteiger partial charge on any atom is 0.227 e. The second kappa shape index (κ2) is 8.26. The number of hydrogen-bond acceptors (Lipinski definition) is 7. The summed E-state index contributed by atoms with van der Waals surface area (Å²) >= 11 is 0. The highest BCUT2D eigenvalue weighted by Gasteiger charge is 2.33. The van der Waals surface area contributed by atoms with E-state index in [-0.39, 0.29) is 17.0 Å². The lowest BCUT2D eigenvalue weighted by Crippen LogP contribution is -2.25. The van der Waals surface area contributed by atoms with Crippen LogP contribution in [0.5, 0.6) is 0 Å². The lowest BCUT2D eigenvalue weighted by molar-refractivity contribution is 0.0934. The molecule has 28 heavy (non-hydrogen) atoms. The van der Waals surface area contributed by atoms with E-state index in [1.807, 2.05) is 11.6 Å². The second-order valence-corrected chi connectivity index (χ2v) is 9.80. The third-order valence-corrected chi connectivity index (χ3v) is 7.01. The van der Waals surface area contributed by atoms with Crippen LogP contribution in [-0.4, -0.2) is 58.3 Å². The first-order valence-electron chi connectivity index (χ1n) is 9.83. The maximum atomic E-state index is 12.9.